The van der Waals surface area contributed by atoms with Crippen molar-refractivity contribution in [3.8, 4) is 0 Å². The molecule has 0 unspecified atom stereocenters. The minimum atomic E-state index is -0.550. The fourth-order valence-corrected chi connectivity index (χ4v) is 3.32. The Morgan fingerprint density at radius 2 is 1.59 bits per heavy atom. The summed E-state index contributed by atoms with van der Waals surface area (Å²) in [7, 11) is 0. The summed E-state index contributed by atoms with van der Waals surface area (Å²) in [6.07, 6.45) is 5.13. The van der Waals surface area contributed by atoms with Gasteiger partial charge < -0.3 is 14.7 Å². The van der Waals surface area contributed by atoms with Crippen molar-refractivity contribution in [2.24, 2.45) is 11.8 Å². The van der Waals surface area contributed by atoms with Crippen LogP contribution in [0.4, 0.5) is 0 Å². The molecule has 0 spiro atoms. The van der Waals surface area contributed by atoms with E-state index in [9.17, 15) is 5.11 Å². The molecular weight excluding hydrogens is 214 g/mol. The summed E-state index contributed by atoms with van der Waals surface area (Å²) in [4.78, 5) is 2.41. The number of ether oxygens (including phenoxy) is 1. The van der Waals surface area contributed by atoms with Crippen LogP contribution in [0.3, 0.4) is 0 Å². The summed E-state index contributed by atoms with van der Waals surface area (Å²) in [5, 5.41) is 9.83. The molecule has 0 saturated carbocycles. The van der Waals surface area contributed by atoms with E-state index in [-0.39, 0.29) is 0 Å². The van der Waals surface area contributed by atoms with Crippen LogP contribution in [0.1, 0.15) is 39.5 Å². The van der Waals surface area contributed by atoms with E-state index >= 15 is 0 Å². The number of likely N-dealkylation sites (tertiary alicyclic amines) is 1. The zero-order valence-electron chi connectivity index (χ0n) is 11.3. The number of rotatable bonds is 3. The highest BCUT2D eigenvalue weighted by molar-refractivity contribution is 4.81. The van der Waals surface area contributed by atoms with E-state index in [0.29, 0.717) is 0 Å². The lowest BCUT2D eigenvalue weighted by Gasteiger charge is -2.39. The van der Waals surface area contributed by atoms with Crippen molar-refractivity contribution in [1.29, 1.82) is 0 Å². The van der Waals surface area contributed by atoms with Gasteiger partial charge in [-0.25, -0.2) is 0 Å². The maximum Gasteiger partial charge on any atom is 0.0718 e. The van der Waals surface area contributed by atoms with Crippen molar-refractivity contribution in [3.63, 3.8) is 0 Å². The van der Waals surface area contributed by atoms with Crippen LogP contribution >= 0.6 is 0 Å². The topological polar surface area (TPSA) is 32.7 Å². The Morgan fingerprint density at radius 3 is 2.12 bits per heavy atom. The van der Waals surface area contributed by atoms with Crippen molar-refractivity contribution >= 4 is 0 Å². The first-order valence-electron chi connectivity index (χ1n) is 7.07. The first-order valence-corrected chi connectivity index (χ1v) is 7.07. The number of hydrogen-bond donors (Lipinski definition) is 1. The molecule has 2 aliphatic rings. The lowest BCUT2D eigenvalue weighted by atomic mass is 9.80. The van der Waals surface area contributed by atoms with Gasteiger partial charge in [0.1, 0.15) is 0 Å². The highest BCUT2D eigenvalue weighted by atomic mass is 16.5. The molecule has 0 aromatic rings. The number of piperidine rings is 1. The van der Waals surface area contributed by atoms with Crippen LogP contribution in [0, 0.1) is 11.8 Å². The Labute approximate surface area is 105 Å². The zero-order chi connectivity index (χ0) is 12.3. The predicted octanol–water partition coefficient (Wildman–Crippen LogP) is 1.90. The summed E-state index contributed by atoms with van der Waals surface area (Å²) < 4.78 is 5.43. The molecule has 1 N–H and O–H groups in total. The van der Waals surface area contributed by atoms with E-state index in [1.165, 1.54) is 25.7 Å². The van der Waals surface area contributed by atoms with Gasteiger partial charge in [-0.05, 0) is 64.5 Å². The van der Waals surface area contributed by atoms with Gasteiger partial charge in [0.2, 0.25) is 0 Å². The van der Waals surface area contributed by atoms with Crippen LogP contribution in [-0.2, 0) is 4.74 Å². The van der Waals surface area contributed by atoms with Crippen LogP contribution in [0.2, 0.25) is 0 Å². The van der Waals surface area contributed by atoms with Crippen molar-refractivity contribution in [1.82, 2.24) is 4.90 Å². The average molecular weight is 241 g/mol. The minimum Gasteiger partial charge on any atom is -0.389 e. The molecule has 0 amide bonds. The summed E-state index contributed by atoms with van der Waals surface area (Å²) in [6.45, 7) is 8.86. The Hall–Kier alpha value is -0.120. The van der Waals surface area contributed by atoms with E-state index < -0.39 is 5.60 Å². The summed E-state index contributed by atoms with van der Waals surface area (Å²) in [5.41, 5.74) is -0.550. The molecule has 0 aromatic carbocycles. The number of hydrogen-bond acceptors (Lipinski definition) is 3. The normalized spacial score (nSPS) is 26.3. The molecule has 0 aliphatic carbocycles. The van der Waals surface area contributed by atoms with Crippen molar-refractivity contribution in [2.75, 3.05) is 32.8 Å². The van der Waals surface area contributed by atoms with Gasteiger partial charge in [0.25, 0.3) is 0 Å². The van der Waals surface area contributed by atoms with Crippen LogP contribution < -0.4 is 0 Å². The van der Waals surface area contributed by atoms with Gasteiger partial charge in [-0.3, -0.25) is 0 Å². The average Bonchev–Trinajstić information content (AvgIpc) is 2.29. The Balaban J connectivity index is 1.73. The van der Waals surface area contributed by atoms with E-state index in [1.54, 1.807) is 0 Å². The highest BCUT2D eigenvalue weighted by Crippen LogP contribution is 2.31. The van der Waals surface area contributed by atoms with E-state index in [1.807, 2.05) is 13.8 Å². The Morgan fingerprint density at radius 1 is 1.06 bits per heavy atom. The van der Waals surface area contributed by atoms with Crippen molar-refractivity contribution in [3.05, 3.63) is 0 Å². The zero-order valence-corrected chi connectivity index (χ0v) is 11.3. The third-order valence-corrected chi connectivity index (χ3v) is 4.18. The standard InChI is InChI=1S/C14H27NO2/c1-14(2,16)11-15-7-3-12(4-8-15)13-5-9-17-10-6-13/h12-13,16H,3-11H2,1-2H3. The first-order chi connectivity index (χ1) is 8.04. The van der Waals surface area contributed by atoms with Gasteiger partial charge in [0, 0.05) is 19.8 Å². The monoisotopic (exact) mass is 241 g/mol. The Kier molecular flexibility index (Phi) is 4.45. The Bertz CT molecular complexity index is 223. The van der Waals surface area contributed by atoms with Gasteiger partial charge in [-0.2, -0.15) is 0 Å². The maximum atomic E-state index is 9.83. The fourth-order valence-electron chi connectivity index (χ4n) is 3.32. The van der Waals surface area contributed by atoms with E-state index in [0.717, 1.165) is 44.7 Å². The second kappa shape index (κ2) is 5.68. The molecule has 100 valence electrons. The van der Waals surface area contributed by atoms with Crippen LogP contribution in [-0.4, -0.2) is 48.5 Å². The molecule has 0 radical (unpaired) electrons. The molecule has 17 heavy (non-hydrogen) atoms. The second-order valence-electron chi connectivity index (χ2n) is 6.38. The molecule has 2 heterocycles. The number of β-amino-alcohol motifs (C(OH)–C–C–N with tert-alkyl or cyclic N) is 1. The smallest absolute Gasteiger partial charge is 0.0718 e. The highest BCUT2D eigenvalue weighted by Gasteiger charge is 2.29. The first kappa shape index (κ1) is 13.3. The molecule has 0 atom stereocenters. The lowest BCUT2D eigenvalue weighted by Crippen LogP contribution is -2.44. The van der Waals surface area contributed by atoms with Crippen LogP contribution in [0.15, 0.2) is 0 Å². The SMILES string of the molecule is CC(C)(O)CN1CCC(C2CCOCC2)CC1. The van der Waals surface area contributed by atoms with Crippen LogP contribution in [0.25, 0.3) is 0 Å². The van der Waals surface area contributed by atoms with E-state index in [4.69, 9.17) is 4.74 Å². The lowest BCUT2D eigenvalue weighted by molar-refractivity contribution is 0.00446. The molecule has 2 rings (SSSR count). The predicted molar refractivity (Wildman–Crippen MR) is 69.0 cm³/mol. The molecule has 3 nitrogen and oxygen atoms in total. The molecule has 2 fully saturated rings. The van der Waals surface area contributed by atoms with Crippen molar-refractivity contribution < 1.29 is 9.84 Å². The second-order valence-corrected chi connectivity index (χ2v) is 6.38. The van der Waals surface area contributed by atoms with Gasteiger partial charge in [0.15, 0.2) is 0 Å². The van der Waals surface area contributed by atoms with Gasteiger partial charge in [0.05, 0.1) is 5.60 Å². The van der Waals surface area contributed by atoms with Gasteiger partial charge in [-0.15, -0.1) is 0 Å². The molecule has 0 bridgehead atoms. The molecule has 3 heteroatoms. The maximum absolute atomic E-state index is 9.83. The molecular formula is C14H27NO2. The number of nitrogens with zero attached hydrogens (tertiary/aromatic N) is 1. The largest absolute Gasteiger partial charge is 0.389 e. The summed E-state index contributed by atoms with van der Waals surface area (Å²) in [5.74, 6) is 1.80. The third-order valence-electron chi connectivity index (χ3n) is 4.18. The minimum absolute atomic E-state index is 0.550. The quantitative estimate of drug-likeness (QED) is 0.819. The van der Waals surface area contributed by atoms with Crippen LogP contribution in [0.5, 0.6) is 0 Å². The van der Waals surface area contributed by atoms with E-state index in [2.05, 4.69) is 4.90 Å². The molecule has 2 saturated heterocycles. The fraction of sp³-hybridized carbons (Fsp3) is 1.00. The van der Waals surface area contributed by atoms with Gasteiger partial charge in [-0.1, -0.05) is 0 Å². The summed E-state index contributed by atoms with van der Waals surface area (Å²) >= 11 is 0. The molecule has 0 aromatic heterocycles. The van der Waals surface area contributed by atoms with Gasteiger partial charge >= 0.3 is 0 Å². The number of aliphatic hydroxyl groups is 1. The molecule has 2 aliphatic heterocycles. The third kappa shape index (κ3) is 4.23. The van der Waals surface area contributed by atoms with Crippen molar-refractivity contribution in [2.45, 2.75) is 45.1 Å². The summed E-state index contributed by atoms with van der Waals surface area (Å²) in [6, 6.07) is 0.